The molecule has 0 radical (unpaired) electrons. The van der Waals surface area contributed by atoms with E-state index in [0.717, 1.165) is 61.4 Å². The van der Waals surface area contributed by atoms with E-state index in [1.165, 1.54) is 48.9 Å². The molecule has 0 amide bonds. The summed E-state index contributed by atoms with van der Waals surface area (Å²) >= 11 is 0. The largest absolute Gasteiger partial charge is 0.456 e. The Morgan fingerprint density at radius 1 is 0.339 bits per heavy atom. The van der Waals surface area contributed by atoms with Crippen LogP contribution in [0, 0.1) is 0 Å². The van der Waals surface area contributed by atoms with Crippen molar-refractivity contribution in [1.82, 2.24) is 4.57 Å². The summed E-state index contributed by atoms with van der Waals surface area (Å²) in [5.74, 6) is 0. The first kappa shape index (κ1) is 33.3. The Labute approximate surface area is 341 Å². The van der Waals surface area contributed by atoms with Gasteiger partial charge in [-0.1, -0.05) is 146 Å². The second-order valence-electron chi connectivity index (χ2n) is 15.3. The average Bonchev–Trinajstić information content (AvgIpc) is 3.85. The van der Waals surface area contributed by atoms with Gasteiger partial charge in [0, 0.05) is 44.2 Å². The average molecular weight is 753 g/mol. The van der Waals surface area contributed by atoms with Crippen LogP contribution in [0.5, 0.6) is 0 Å². The molecular formula is C56H36N2O. The topological polar surface area (TPSA) is 21.3 Å². The summed E-state index contributed by atoms with van der Waals surface area (Å²) in [6.07, 6.45) is 0. The Morgan fingerprint density at radius 2 is 0.932 bits per heavy atom. The van der Waals surface area contributed by atoms with Crippen LogP contribution in [0.15, 0.2) is 223 Å². The highest BCUT2D eigenvalue weighted by Crippen LogP contribution is 2.46. The first-order chi connectivity index (χ1) is 29.3. The highest BCUT2D eigenvalue weighted by Gasteiger charge is 2.21. The Hall–Kier alpha value is -7.88. The number of para-hydroxylation sites is 4. The van der Waals surface area contributed by atoms with Gasteiger partial charge in [0.15, 0.2) is 0 Å². The molecule has 0 atom stereocenters. The van der Waals surface area contributed by atoms with E-state index >= 15 is 0 Å². The number of hydrogen-bond donors (Lipinski definition) is 0. The predicted molar refractivity (Wildman–Crippen MR) is 249 cm³/mol. The van der Waals surface area contributed by atoms with Gasteiger partial charge in [0.1, 0.15) is 11.2 Å². The van der Waals surface area contributed by atoms with Gasteiger partial charge in [0.05, 0.1) is 16.7 Å². The molecule has 2 heterocycles. The number of furan rings is 1. The number of anilines is 3. The van der Waals surface area contributed by atoms with Gasteiger partial charge in [-0.05, 0) is 111 Å². The van der Waals surface area contributed by atoms with Gasteiger partial charge in [-0.2, -0.15) is 0 Å². The van der Waals surface area contributed by atoms with E-state index in [1.807, 2.05) is 12.1 Å². The van der Waals surface area contributed by atoms with Crippen LogP contribution >= 0.6 is 0 Å². The fraction of sp³-hybridized carbons (Fsp3) is 0. The van der Waals surface area contributed by atoms with Crippen LogP contribution in [-0.4, -0.2) is 4.57 Å². The molecule has 0 aliphatic carbocycles. The second kappa shape index (κ2) is 13.4. The maximum absolute atomic E-state index is 6.36. The van der Waals surface area contributed by atoms with Crippen molar-refractivity contribution >= 4 is 82.4 Å². The van der Waals surface area contributed by atoms with Gasteiger partial charge in [-0.25, -0.2) is 0 Å². The van der Waals surface area contributed by atoms with Crippen LogP contribution in [0.1, 0.15) is 0 Å². The van der Waals surface area contributed by atoms with Gasteiger partial charge in [-0.15, -0.1) is 0 Å². The Bertz CT molecular complexity index is 3540. The molecule has 0 aliphatic rings. The zero-order valence-corrected chi connectivity index (χ0v) is 32.1. The van der Waals surface area contributed by atoms with E-state index in [1.54, 1.807) is 0 Å². The minimum Gasteiger partial charge on any atom is -0.456 e. The van der Waals surface area contributed by atoms with Crippen molar-refractivity contribution in [3.8, 4) is 27.9 Å². The van der Waals surface area contributed by atoms with Crippen molar-refractivity contribution in [3.63, 3.8) is 0 Å². The van der Waals surface area contributed by atoms with Gasteiger partial charge < -0.3 is 13.9 Å². The van der Waals surface area contributed by atoms with Crippen molar-refractivity contribution in [3.05, 3.63) is 218 Å². The standard InChI is InChI=1S/C56H36N2O/c1-2-20-43-39(15-1)34-51(45-22-4-3-21-44(43)45)48-25-7-9-27-52(48)57(40-17-13-16-37(33-40)38-31-32-50-49-26-8-12-30-55(49)59-56(50)35-38)41-18-14-19-42(36-41)58-53-28-10-5-23-46(53)47-24-6-11-29-54(47)58/h1-36H. The Balaban J connectivity index is 1.09. The normalized spacial score (nSPS) is 11.7. The molecule has 0 N–H and O–H groups in total. The minimum absolute atomic E-state index is 0.887. The maximum Gasteiger partial charge on any atom is 0.136 e. The van der Waals surface area contributed by atoms with Crippen molar-refractivity contribution in [1.29, 1.82) is 0 Å². The third-order valence-corrected chi connectivity index (χ3v) is 11.9. The monoisotopic (exact) mass is 752 g/mol. The van der Waals surface area contributed by atoms with Crippen LogP contribution in [0.25, 0.3) is 93.2 Å². The predicted octanol–water partition coefficient (Wildman–Crippen LogP) is 15.8. The van der Waals surface area contributed by atoms with Gasteiger partial charge in [-0.3, -0.25) is 0 Å². The molecule has 0 saturated carbocycles. The highest BCUT2D eigenvalue weighted by molar-refractivity contribution is 6.15. The van der Waals surface area contributed by atoms with E-state index in [4.69, 9.17) is 4.42 Å². The molecular weight excluding hydrogens is 717 g/mol. The van der Waals surface area contributed by atoms with Crippen LogP contribution in [0.4, 0.5) is 17.1 Å². The summed E-state index contributed by atoms with van der Waals surface area (Å²) in [4.78, 5) is 2.43. The second-order valence-corrected chi connectivity index (χ2v) is 15.3. The van der Waals surface area contributed by atoms with Gasteiger partial charge in [0.2, 0.25) is 0 Å². The van der Waals surface area contributed by atoms with Crippen LogP contribution in [0.2, 0.25) is 0 Å². The van der Waals surface area contributed by atoms with E-state index in [2.05, 4.69) is 216 Å². The molecule has 0 saturated heterocycles. The molecule has 276 valence electrons. The molecule has 0 aliphatic heterocycles. The number of rotatable bonds is 6. The molecule has 2 aromatic heterocycles. The summed E-state index contributed by atoms with van der Waals surface area (Å²) in [6.45, 7) is 0. The van der Waals surface area contributed by atoms with Gasteiger partial charge in [0.25, 0.3) is 0 Å². The first-order valence-electron chi connectivity index (χ1n) is 20.2. The van der Waals surface area contributed by atoms with Crippen molar-refractivity contribution in [2.75, 3.05) is 4.90 Å². The fourth-order valence-corrected chi connectivity index (χ4v) is 9.30. The zero-order valence-electron chi connectivity index (χ0n) is 32.1. The molecule has 10 aromatic carbocycles. The van der Waals surface area contributed by atoms with Crippen LogP contribution < -0.4 is 4.90 Å². The number of aromatic nitrogens is 1. The lowest BCUT2D eigenvalue weighted by molar-refractivity contribution is 0.669. The Kier molecular flexibility index (Phi) is 7.54. The molecule has 0 bridgehead atoms. The third-order valence-electron chi connectivity index (χ3n) is 11.9. The number of hydrogen-bond acceptors (Lipinski definition) is 2. The summed E-state index contributed by atoms with van der Waals surface area (Å²) < 4.78 is 8.76. The van der Waals surface area contributed by atoms with Crippen LogP contribution in [0.3, 0.4) is 0 Å². The summed E-state index contributed by atoms with van der Waals surface area (Å²) in [7, 11) is 0. The molecule has 0 spiro atoms. The minimum atomic E-state index is 0.887. The summed E-state index contributed by atoms with van der Waals surface area (Å²) in [5, 5.41) is 9.70. The number of fused-ring (bicyclic) bond motifs is 9. The lowest BCUT2D eigenvalue weighted by Gasteiger charge is -2.29. The fourth-order valence-electron chi connectivity index (χ4n) is 9.30. The van der Waals surface area contributed by atoms with E-state index in [-0.39, 0.29) is 0 Å². The smallest absolute Gasteiger partial charge is 0.136 e. The quantitative estimate of drug-likeness (QED) is 0.158. The molecule has 0 unspecified atom stereocenters. The highest BCUT2D eigenvalue weighted by atomic mass is 16.3. The SMILES string of the molecule is c1cc(-c2ccc3c(c2)oc2ccccc23)cc(N(c2cccc(-n3c4ccccc4c4ccccc43)c2)c2ccccc2-c2cc3ccccc3c3ccccc23)c1. The first-order valence-corrected chi connectivity index (χ1v) is 20.2. The molecule has 12 rings (SSSR count). The number of benzene rings is 10. The van der Waals surface area contributed by atoms with Crippen LogP contribution in [-0.2, 0) is 0 Å². The third kappa shape index (κ3) is 5.36. The molecule has 12 aromatic rings. The van der Waals surface area contributed by atoms with E-state index in [0.29, 0.717) is 0 Å². The zero-order chi connectivity index (χ0) is 38.9. The van der Waals surface area contributed by atoms with E-state index in [9.17, 15) is 0 Å². The lowest BCUT2D eigenvalue weighted by atomic mass is 9.92. The van der Waals surface area contributed by atoms with Crippen molar-refractivity contribution < 1.29 is 4.42 Å². The molecule has 0 fully saturated rings. The van der Waals surface area contributed by atoms with Crippen molar-refractivity contribution in [2.45, 2.75) is 0 Å². The summed E-state index contributed by atoms with van der Waals surface area (Å²) in [6, 6.07) is 78.9. The molecule has 59 heavy (non-hydrogen) atoms. The van der Waals surface area contributed by atoms with E-state index < -0.39 is 0 Å². The van der Waals surface area contributed by atoms with Crippen molar-refractivity contribution in [2.24, 2.45) is 0 Å². The Morgan fingerprint density at radius 3 is 1.75 bits per heavy atom. The lowest BCUT2D eigenvalue weighted by Crippen LogP contribution is -2.12. The van der Waals surface area contributed by atoms with Gasteiger partial charge >= 0.3 is 0 Å². The maximum atomic E-state index is 6.36. The molecule has 3 heteroatoms. The summed E-state index contributed by atoms with van der Waals surface area (Å²) in [5.41, 5.74) is 13.0. The molecule has 3 nitrogen and oxygen atoms in total. The number of nitrogens with zero attached hydrogens (tertiary/aromatic N) is 2.